The Kier molecular flexibility index (Phi) is 7.44. The summed E-state index contributed by atoms with van der Waals surface area (Å²) in [5.74, 6) is -1.78. The van der Waals surface area contributed by atoms with Crippen LogP contribution in [0.1, 0.15) is 26.7 Å². The molecule has 0 aliphatic carbocycles. The molecule has 0 bridgehead atoms. The number of hydrogen-bond donors (Lipinski definition) is 3. The van der Waals surface area contributed by atoms with Crippen molar-refractivity contribution in [2.45, 2.75) is 38.8 Å². The van der Waals surface area contributed by atoms with E-state index in [9.17, 15) is 18.0 Å². The number of rotatable bonds is 9. The monoisotopic (exact) mass is 306 g/mol. The molecule has 1 amide bonds. The maximum Gasteiger partial charge on any atom is 0.326 e. The van der Waals surface area contributed by atoms with E-state index in [1.165, 1.54) is 6.08 Å². The second-order valence-corrected chi connectivity index (χ2v) is 6.78. The van der Waals surface area contributed by atoms with Gasteiger partial charge in [-0.25, -0.2) is 17.9 Å². The van der Waals surface area contributed by atoms with Crippen molar-refractivity contribution < 1.29 is 23.1 Å². The van der Waals surface area contributed by atoms with Crippen LogP contribution in [0.5, 0.6) is 0 Å². The highest BCUT2D eigenvalue weighted by atomic mass is 32.2. The molecule has 116 valence electrons. The topological polar surface area (TPSA) is 113 Å². The van der Waals surface area contributed by atoms with Gasteiger partial charge in [-0.05, 0) is 18.8 Å². The SMILES string of the molecule is C=CCC(NC(=O)C(CC(C)C)NS(C)(=O)=O)C(=O)O. The molecule has 20 heavy (non-hydrogen) atoms. The molecule has 0 fully saturated rings. The Balaban J connectivity index is 4.93. The largest absolute Gasteiger partial charge is 0.480 e. The van der Waals surface area contributed by atoms with Crippen molar-refractivity contribution in [3.8, 4) is 0 Å². The first-order valence-corrected chi connectivity index (χ1v) is 8.07. The van der Waals surface area contributed by atoms with Crippen molar-refractivity contribution in [1.82, 2.24) is 10.0 Å². The predicted molar refractivity (Wildman–Crippen MR) is 75.6 cm³/mol. The molecule has 7 nitrogen and oxygen atoms in total. The van der Waals surface area contributed by atoms with Crippen molar-refractivity contribution in [1.29, 1.82) is 0 Å². The van der Waals surface area contributed by atoms with Gasteiger partial charge in [0.05, 0.1) is 6.26 Å². The Morgan fingerprint density at radius 2 is 1.85 bits per heavy atom. The van der Waals surface area contributed by atoms with E-state index >= 15 is 0 Å². The first-order valence-electron chi connectivity index (χ1n) is 6.18. The van der Waals surface area contributed by atoms with E-state index in [1.807, 2.05) is 13.8 Å². The molecule has 0 radical (unpaired) electrons. The van der Waals surface area contributed by atoms with E-state index in [1.54, 1.807) is 0 Å². The van der Waals surface area contributed by atoms with Gasteiger partial charge in [-0.3, -0.25) is 4.79 Å². The van der Waals surface area contributed by atoms with Gasteiger partial charge in [-0.2, -0.15) is 0 Å². The number of carboxylic acid groups (broad SMARTS) is 1. The summed E-state index contributed by atoms with van der Waals surface area (Å²) in [5.41, 5.74) is 0. The number of carbonyl (C=O) groups is 2. The quantitative estimate of drug-likeness (QED) is 0.523. The summed E-state index contributed by atoms with van der Waals surface area (Å²) >= 11 is 0. The Morgan fingerprint density at radius 3 is 2.20 bits per heavy atom. The summed E-state index contributed by atoms with van der Waals surface area (Å²) in [5, 5.41) is 11.3. The van der Waals surface area contributed by atoms with Crippen molar-refractivity contribution in [3.05, 3.63) is 12.7 Å². The first kappa shape index (κ1) is 18.6. The predicted octanol–water partition coefficient (Wildman–Crippen LogP) is 0.0958. The minimum absolute atomic E-state index is 0.0638. The van der Waals surface area contributed by atoms with Crippen LogP contribution >= 0.6 is 0 Å². The third-order valence-corrected chi connectivity index (χ3v) is 3.11. The average molecular weight is 306 g/mol. The molecule has 0 rings (SSSR count). The fourth-order valence-electron chi connectivity index (χ4n) is 1.60. The van der Waals surface area contributed by atoms with Gasteiger partial charge < -0.3 is 10.4 Å². The smallest absolute Gasteiger partial charge is 0.326 e. The van der Waals surface area contributed by atoms with Crippen LogP contribution in [0.3, 0.4) is 0 Å². The lowest BCUT2D eigenvalue weighted by Crippen LogP contribution is -2.51. The van der Waals surface area contributed by atoms with Gasteiger partial charge in [-0.1, -0.05) is 19.9 Å². The third-order valence-electron chi connectivity index (χ3n) is 2.40. The van der Waals surface area contributed by atoms with Gasteiger partial charge in [0.1, 0.15) is 12.1 Å². The molecule has 0 spiro atoms. The molecule has 0 aliphatic rings. The maximum absolute atomic E-state index is 12.0. The zero-order chi connectivity index (χ0) is 15.9. The first-order chi connectivity index (χ1) is 9.06. The molecule has 0 saturated heterocycles. The third kappa shape index (κ3) is 7.90. The Morgan fingerprint density at radius 1 is 1.30 bits per heavy atom. The number of hydrogen-bond acceptors (Lipinski definition) is 4. The molecular weight excluding hydrogens is 284 g/mol. The van der Waals surface area contributed by atoms with Crippen LogP contribution in [0.15, 0.2) is 12.7 Å². The number of amides is 1. The second-order valence-electron chi connectivity index (χ2n) is 5.00. The Labute approximate surface area is 119 Å². The van der Waals surface area contributed by atoms with Crippen molar-refractivity contribution >= 4 is 21.9 Å². The standard InChI is InChI=1S/C12H22N2O5S/c1-5-6-9(12(16)17)13-11(15)10(7-8(2)3)14-20(4,18)19/h5,8-10,14H,1,6-7H2,2-4H3,(H,13,15)(H,16,17). The molecule has 8 heteroatoms. The van der Waals surface area contributed by atoms with Gasteiger partial charge in [-0.15, -0.1) is 6.58 Å². The van der Waals surface area contributed by atoms with Gasteiger partial charge in [0.15, 0.2) is 0 Å². The normalized spacial score (nSPS) is 14.6. The van der Waals surface area contributed by atoms with E-state index in [0.717, 1.165) is 6.26 Å². The molecular formula is C12H22N2O5S. The Bertz CT molecular complexity index is 458. The number of carbonyl (C=O) groups excluding carboxylic acids is 1. The van der Waals surface area contributed by atoms with Crippen LogP contribution in [0.4, 0.5) is 0 Å². The van der Waals surface area contributed by atoms with Crippen LogP contribution < -0.4 is 10.0 Å². The fraction of sp³-hybridized carbons (Fsp3) is 0.667. The molecule has 0 aromatic carbocycles. The summed E-state index contributed by atoms with van der Waals surface area (Å²) < 4.78 is 24.7. The van der Waals surface area contributed by atoms with Crippen molar-refractivity contribution in [2.75, 3.05) is 6.26 Å². The highest BCUT2D eigenvalue weighted by Crippen LogP contribution is 2.07. The number of nitrogens with one attached hydrogen (secondary N) is 2. The average Bonchev–Trinajstić information content (AvgIpc) is 2.24. The van der Waals surface area contributed by atoms with E-state index in [0.29, 0.717) is 0 Å². The molecule has 0 heterocycles. The summed E-state index contributed by atoms with van der Waals surface area (Å²) in [6.45, 7) is 7.09. The zero-order valence-electron chi connectivity index (χ0n) is 11.9. The zero-order valence-corrected chi connectivity index (χ0v) is 12.7. The van der Waals surface area contributed by atoms with Crippen molar-refractivity contribution in [3.63, 3.8) is 0 Å². The van der Waals surface area contributed by atoms with Crippen LogP contribution in [0.25, 0.3) is 0 Å². The second kappa shape index (κ2) is 8.01. The molecule has 2 atom stereocenters. The van der Waals surface area contributed by atoms with Crippen LogP contribution in [0.2, 0.25) is 0 Å². The van der Waals surface area contributed by atoms with Gasteiger partial charge in [0.25, 0.3) is 0 Å². The Hall–Kier alpha value is -1.41. The van der Waals surface area contributed by atoms with Gasteiger partial charge >= 0.3 is 5.97 Å². The van der Waals surface area contributed by atoms with E-state index in [-0.39, 0.29) is 18.8 Å². The van der Waals surface area contributed by atoms with Crippen LogP contribution in [0, 0.1) is 5.92 Å². The minimum atomic E-state index is -3.56. The lowest BCUT2D eigenvalue weighted by atomic mass is 10.0. The number of carboxylic acids is 1. The molecule has 0 saturated carbocycles. The van der Waals surface area contributed by atoms with Gasteiger partial charge in [0, 0.05) is 0 Å². The summed E-state index contributed by atoms with van der Waals surface area (Å²) in [6, 6.07) is -2.10. The van der Waals surface area contributed by atoms with E-state index in [2.05, 4.69) is 16.6 Å². The summed E-state index contributed by atoms with van der Waals surface area (Å²) in [4.78, 5) is 23.0. The van der Waals surface area contributed by atoms with Gasteiger partial charge in [0.2, 0.25) is 15.9 Å². The molecule has 3 N–H and O–H groups in total. The van der Waals surface area contributed by atoms with Crippen LogP contribution in [-0.2, 0) is 19.6 Å². The highest BCUT2D eigenvalue weighted by molar-refractivity contribution is 7.88. The molecule has 0 aliphatic heterocycles. The minimum Gasteiger partial charge on any atom is -0.480 e. The highest BCUT2D eigenvalue weighted by Gasteiger charge is 2.27. The lowest BCUT2D eigenvalue weighted by Gasteiger charge is -2.21. The molecule has 0 aromatic rings. The number of sulfonamides is 1. The molecule has 2 unspecified atom stereocenters. The fourth-order valence-corrected chi connectivity index (χ4v) is 2.32. The lowest BCUT2D eigenvalue weighted by molar-refractivity contribution is -0.142. The van der Waals surface area contributed by atoms with Crippen molar-refractivity contribution in [2.24, 2.45) is 5.92 Å². The van der Waals surface area contributed by atoms with Crippen LogP contribution in [-0.4, -0.2) is 43.7 Å². The van der Waals surface area contributed by atoms with E-state index in [4.69, 9.17) is 5.11 Å². The molecule has 0 aromatic heterocycles. The number of aliphatic carboxylic acids is 1. The summed E-state index contributed by atoms with van der Waals surface area (Å²) in [6.07, 6.45) is 2.67. The maximum atomic E-state index is 12.0. The summed E-state index contributed by atoms with van der Waals surface area (Å²) in [7, 11) is -3.56. The van der Waals surface area contributed by atoms with E-state index < -0.39 is 34.0 Å².